The highest BCUT2D eigenvalue weighted by Gasteiger charge is 2.18. The maximum atomic E-state index is 11.7. The van der Waals surface area contributed by atoms with Crippen molar-refractivity contribution in [2.45, 2.75) is 63.7 Å². The van der Waals surface area contributed by atoms with Crippen LogP contribution in [-0.2, 0) is 16.4 Å². The predicted octanol–water partition coefficient (Wildman–Crippen LogP) is 3.58. The Morgan fingerprint density at radius 1 is 1.21 bits per heavy atom. The summed E-state index contributed by atoms with van der Waals surface area (Å²) in [5.41, 5.74) is 2.05. The van der Waals surface area contributed by atoms with Crippen LogP contribution in [0.5, 0.6) is 0 Å². The molecule has 1 aromatic carbocycles. The number of sulfonamides is 1. The second kappa shape index (κ2) is 7.06. The number of primary sulfonamides is 1. The molecule has 1 atom stereocenters. The predicted molar refractivity (Wildman–Crippen MR) is 79.8 cm³/mol. The van der Waals surface area contributed by atoms with Crippen LogP contribution in [-0.4, -0.2) is 8.42 Å². The second-order valence-corrected chi connectivity index (χ2v) is 6.67. The molecule has 0 amide bonds. The van der Waals surface area contributed by atoms with Crippen LogP contribution in [0.2, 0.25) is 0 Å². The largest absolute Gasteiger partial charge is 0.238 e. The van der Waals surface area contributed by atoms with E-state index < -0.39 is 10.0 Å². The molecule has 0 radical (unpaired) electrons. The SMILES string of the molecule is CCCCCc1c(C(C)CC)cccc1S(N)(=O)=O. The Morgan fingerprint density at radius 2 is 1.89 bits per heavy atom. The minimum absolute atomic E-state index is 0.307. The fourth-order valence-corrected chi connectivity index (χ4v) is 3.18. The minimum atomic E-state index is -3.63. The van der Waals surface area contributed by atoms with Gasteiger partial charge >= 0.3 is 0 Å². The standard InChI is InChI=1S/C15H25NO2S/c1-4-6-7-9-14-13(12(3)5-2)10-8-11-15(14)19(16,17)18/h8,10-12H,4-7,9H2,1-3H3,(H2,16,17,18). The highest BCUT2D eigenvalue weighted by molar-refractivity contribution is 7.89. The molecule has 2 N–H and O–H groups in total. The summed E-state index contributed by atoms with van der Waals surface area (Å²) >= 11 is 0. The fraction of sp³-hybridized carbons (Fsp3) is 0.600. The highest BCUT2D eigenvalue weighted by atomic mass is 32.2. The van der Waals surface area contributed by atoms with Crippen molar-refractivity contribution in [1.82, 2.24) is 0 Å². The van der Waals surface area contributed by atoms with Gasteiger partial charge in [0.25, 0.3) is 0 Å². The number of benzene rings is 1. The molecule has 1 aromatic rings. The number of unbranched alkanes of at least 4 members (excludes halogenated alkanes) is 2. The molecular formula is C15H25NO2S. The Hall–Kier alpha value is -0.870. The molecule has 0 heterocycles. The molecule has 3 nitrogen and oxygen atoms in total. The van der Waals surface area contributed by atoms with E-state index in [0.29, 0.717) is 10.8 Å². The summed E-state index contributed by atoms with van der Waals surface area (Å²) in [5.74, 6) is 0.360. The molecule has 0 bridgehead atoms. The van der Waals surface area contributed by atoms with E-state index in [-0.39, 0.29) is 0 Å². The Morgan fingerprint density at radius 3 is 2.42 bits per heavy atom. The van der Waals surface area contributed by atoms with Crippen molar-refractivity contribution in [3.05, 3.63) is 29.3 Å². The normalized spacial score (nSPS) is 13.5. The summed E-state index contributed by atoms with van der Waals surface area (Å²) in [7, 11) is -3.63. The summed E-state index contributed by atoms with van der Waals surface area (Å²) in [4.78, 5) is 0.307. The molecule has 1 rings (SSSR count). The molecule has 4 heteroatoms. The van der Waals surface area contributed by atoms with Crippen LogP contribution in [0.4, 0.5) is 0 Å². The lowest BCUT2D eigenvalue weighted by Gasteiger charge is -2.18. The molecule has 0 aliphatic rings. The van der Waals surface area contributed by atoms with Gasteiger partial charge < -0.3 is 0 Å². The van der Waals surface area contributed by atoms with Gasteiger partial charge in [0.15, 0.2) is 0 Å². The van der Waals surface area contributed by atoms with E-state index in [1.54, 1.807) is 12.1 Å². The smallest absolute Gasteiger partial charge is 0.225 e. The van der Waals surface area contributed by atoms with Gasteiger partial charge in [-0.3, -0.25) is 0 Å². The van der Waals surface area contributed by atoms with Crippen LogP contribution in [0, 0.1) is 0 Å². The van der Waals surface area contributed by atoms with Gasteiger partial charge in [-0.2, -0.15) is 0 Å². The second-order valence-electron chi connectivity index (χ2n) is 5.14. The maximum Gasteiger partial charge on any atom is 0.238 e. The summed E-state index contributed by atoms with van der Waals surface area (Å²) in [6, 6.07) is 5.46. The van der Waals surface area contributed by atoms with Gasteiger partial charge in [-0.15, -0.1) is 0 Å². The Balaban J connectivity index is 3.24. The van der Waals surface area contributed by atoms with Gasteiger partial charge in [0, 0.05) is 0 Å². The first kappa shape index (κ1) is 16.2. The average molecular weight is 283 g/mol. The van der Waals surface area contributed by atoms with Crippen molar-refractivity contribution in [3.63, 3.8) is 0 Å². The van der Waals surface area contributed by atoms with E-state index in [0.717, 1.165) is 43.2 Å². The van der Waals surface area contributed by atoms with Crippen molar-refractivity contribution >= 4 is 10.0 Å². The molecule has 0 aromatic heterocycles. The summed E-state index contributed by atoms with van der Waals surface area (Å²) in [6.45, 7) is 6.39. The number of hydrogen-bond acceptors (Lipinski definition) is 2. The maximum absolute atomic E-state index is 11.7. The van der Waals surface area contributed by atoms with Crippen molar-refractivity contribution in [3.8, 4) is 0 Å². The summed E-state index contributed by atoms with van der Waals surface area (Å²) in [5, 5.41) is 5.34. The minimum Gasteiger partial charge on any atom is -0.225 e. The van der Waals surface area contributed by atoms with Crippen LogP contribution in [0.3, 0.4) is 0 Å². The highest BCUT2D eigenvalue weighted by Crippen LogP contribution is 2.28. The lowest BCUT2D eigenvalue weighted by Crippen LogP contribution is -2.16. The lowest BCUT2D eigenvalue weighted by molar-refractivity contribution is 0.594. The van der Waals surface area contributed by atoms with Crippen molar-refractivity contribution in [1.29, 1.82) is 0 Å². The van der Waals surface area contributed by atoms with Crippen molar-refractivity contribution in [2.24, 2.45) is 5.14 Å². The van der Waals surface area contributed by atoms with Crippen LogP contribution in [0.15, 0.2) is 23.1 Å². The van der Waals surface area contributed by atoms with E-state index in [4.69, 9.17) is 5.14 Å². The molecule has 0 spiro atoms. The first-order valence-corrected chi connectivity index (χ1v) is 8.61. The molecule has 0 saturated carbocycles. The topological polar surface area (TPSA) is 60.2 Å². The first-order chi connectivity index (χ1) is 8.91. The van der Waals surface area contributed by atoms with E-state index >= 15 is 0 Å². The van der Waals surface area contributed by atoms with Gasteiger partial charge in [0.05, 0.1) is 4.90 Å². The number of hydrogen-bond donors (Lipinski definition) is 1. The molecule has 0 aliphatic heterocycles. The van der Waals surface area contributed by atoms with E-state index in [2.05, 4.69) is 20.8 Å². The molecular weight excluding hydrogens is 258 g/mol. The van der Waals surface area contributed by atoms with E-state index in [9.17, 15) is 8.42 Å². The average Bonchev–Trinajstić information content (AvgIpc) is 2.37. The Bertz CT molecular complexity index is 509. The Kier molecular flexibility index (Phi) is 6.01. The number of rotatable bonds is 7. The molecule has 0 fully saturated rings. The molecule has 108 valence electrons. The Labute approximate surface area is 117 Å². The fourth-order valence-electron chi connectivity index (χ4n) is 2.35. The summed E-state index contributed by atoms with van der Waals surface area (Å²) < 4.78 is 23.5. The van der Waals surface area contributed by atoms with E-state index in [1.165, 1.54) is 0 Å². The molecule has 0 aliphatic carbocycles. The van der Waals surface area contributed by atoms with Gasteiger partial charge in [-0.1, -0.05) is 45.7 Å². The molecule has 19 heavy (non-hydrogen) atoms. The van der Waals surface area contributed by atoms with Crippen LogP contribution in [0.1, 0.15) is 63.5 Å². The first-order valence-electron chi connectivity index (χ1n) is 7.06. The quantitative estimate of drug-likeness (QED) is 0.777. The molecule has 0 saturated heterocycles. The van der Waals surface area contributed by atoms with Crippen molar-refractivity contribution in [2.75, 3.05) is 0 Å². The van der Waals surface area contributed by atoms with Crippen LogP contribution in [0.25, 0.3) is 0 Å². The number of nitrogens with two attached hydrogens (primary N) is 1. The van der Waals surface area contributed by atoms with Gasteiger partial charge in [-0.25, -0.2) is 13.6 Å². The van der Waals surface area contributed by atoms with Gasteiger partial charge in [-0.05, 0) is 42.4 Å². The van der Waals surface area contributed by atoms with Crippen LogP contribution >= 0.6 is 0 Å². The molecule has 1 unspecified atom stereocenters. The lowest BCUT2D eigenvalue weighted by atomic mass is 9.91. The summed E-state index contributed by atoms with van der Waals surface area (Å²) in [6.07, 6.45) is 5.02. The van der Waals surface area contributed by atoms with Crippen LogP contribution < -0.4 is 5.14 Å². The van der Waals surface area contributed by atoms with E-state index in [1.807, 2.05) is 6.07 Å². The zero-order valence-electron chi connectivity index (χ0n) is 12.1. The third kappa shape index (κ3) is 4.32. The zero-order chi connectivity index (χ0) is 14.5. The monoisotopic (exact) mass is 283 g/mol. The van der Waals surface area contributed by atoms with Gasteiger partial charge in [0.1, 0.15) is 0 Å². The van der Waals surface area contributed by atoms with Gasteiger partial charge in [0.2, 0.25) is 10.0 Å². The third-order valence-corrected chi connectivity index (χ3v) is 4.64. The van der Waals surface area contributed by atoms with Crippen molar-refractivity contribution < 1.29 is 8.42 Å². The zero-order valence-corrected chi connectivity index (χ0v) is 13.0. The third-order valence-electron chi connectivity index (χ3n) is 3.65.